The minimum Gasteiger partial charge on any atom is -0.394 e. The fraction of sp³-hybridized carbons (Fsp3) is 0.429. The van der Waals surface area contributed by atoms with Crippen LogP contribution in [-0.2, 0) is 0 Å². The molecule has 3 N–H and O–H groups in total. The molecular formula is C21H30N2O. The Bertz CT molecular complexity index is 676. The van der Waals surface area contributed by atoms with Crippen LogP contribution in [0.25, 0.3) is 0 Å². The standard InChI is InChI=1S/C21H30N2O/c1-13-7-15(3)20(16(4)8-13)22-11-19(12-24)23-21-17(5)9-14(2)10-18(21)6/h7-10,19,22-24H,11-12H2,1-6H3. The summed E-state index contributed by atoms with van der Waals surface area (Å²) in [5.41, 5.74) is 9.75. The van der Waals surface area contributed by atoms with Crippen molar-refractivity contribution in [3.63, 3.8) is 0 Å². The Hall–Kier alpha value is -2.00. The predicted molar refractivity (Wildman–Crippen MR) is 104 cm³/mol. The van der Waals surface area contributed by atoms with Crippen LogP contribution in [-0.4, -0.2) is 24.3 Å². The van der Waals surface area contributed by atoms with Crippen LogP contribution < -0.4 is 10.6 Å². The Morgan fingerprint density at radius 1 is 0.750 bits per heavy atom. The highest BCUT2D eigenvalue weighted by molar-refractivity contribution is 5.60. The molecule has 0 aliphatic carbocycles. The molecule has 0 aromatic heterocycles. The molecule has 0 saturated carbocycles. The topological polar surface area (TPSA) is 44.3 Å². The highest BCUT2D eigenvalue weighted by Crippen LogP contribution is 2.24. The number of nitrogens with one attached hydrogen (secondary N) is 2. The van der Waals surface area contributed by atoms with Gasteiger partial charge in [-0.25, -0.2) is 0 Å². The SMILES string of the molecule is Cc1cc(C)c(NCC(CO)Nc2c(C)cc(C)cc2C)c(C)c1. The highest BCUT2D eigenvalue weighted by Gasteiger charge is 2.12. The first-order chi connectivity index (χ1) is 11.3. The molecule has 2 aromatic rings. The van der Waals surface area contributed by atoms with E-state index in [0.717, 1.165) is 5.69 Å². The Labute approximate surface area is 146 Å². The molecule has 0 radical (unpaired) electrons. The smallest absolute Gasteiger partial charge is 0.0665 e. The van der Waals surface area contributed by atoms with Gasteiger partial charge in [0, 0.05) is 17.9 Å². The Morgan fingerprint density at radius 2 is 1.17 bits per heavy atom. The molecule has 1 atom stereocenters. The normalized spacial score (nSPS) is 12.1. The molecule has 0 fully saturated rings. The monoisotopic (exact) mass is 326 g/mol. The molecule has 1 unspecified atom stereocenters. The number of aryl methyl sites for hydroxylation is 6. The minimum absolute atomic E-state index is 0.0368. The zero-order valence-electron chi connectivity index (χ0n) is 15.7. The molecule has 0 aliphatic heterocycles. The van der Waals surface area contributed by atoms with Crippen molar-refractivity contribution >= 4 is 11.4 Å². The minimum atomic E-state index is -0.0368. The fourth-order valence-corrected chi connectivity index (χ4v) is 3.46. The largest absolute Gasteiger partial charge is 0.394 e. The number of benzene rings is 2. The highest BCUT2D eigenvalue weighted by atomic mass is 16.3. The molecule has 3 heteroatoms. The van der Waals surface area contributed by atoms with Crippen LogP contribution in [0.15, 0.2) is 24.3 Å². The van der Waals surface area contributed by atoms with Crippen molar-refractivity contribution in [2.45, 2.75) is 47.6 Å². The van der Waals surface area contributed by atoms with Crippen LogP contribution in [0.1, 0.15) is 33.4 Å². The number of hydrogen-bond donors (Lipinski definition) is 3. The van der Waals surface area contributed by atoms with Gasteiger partial charge in [-0.2, -0.15) is 0 Å². The predicted octanol–water partition coefficient (Wildman–Crippen LogP) is 4.42. The lowest BCUT2D eigenvalue weighted by Crippen LogP contribution is -2.32. The third kappa shape index (κ3) is 4.30. The van der Waals surface area contributed by atoms with Gasteiger partial charge in [-0.05, 0) is 63.8 Å². The van der Waals surface area contributed by atoms with Gasteiger partial charge in [-0.15, -0.1) is 0 Å². The first-order valence-corrected chi connectivity index (χ1v) is 8.58. The second-order valence-electron chi connectivity index (χ2n) is 6.95. The molecule has 130 valence electrons. The maximum atomic E-state index is 9.78. The summed E-state index contributed by atoms with van der Waals surface area (Å²) in [5, 5.41) is 16.8. The average molecular weight is 326 g/mol. The number of anilines is 2. The van der Waals surface area contributed by atoms with E-state index in [-0.39, 0.29) is 12.6 Å². The lowest BCUT2D eigenvalue weighted by Gasteiger charge is -2.23. The number of rotatable bonds is 6. The summed E-state index contributed by atoms with van der Waals surface area (Å²) < 4.78 is 0. The van der Waals surface area contributed by atoms with Gasteiger partial charge < -0.3 is 15.7 Å². The maximum absolute atomic E-state index is 9.78. The summed E-state index contributed by atoms with van der Waals surface area (Å²) in [5.74, 6) is 0. The molecule has 0 spiro atoms. The lowest BCUT2D eigenvalue weighted by molar-refractivity contribution is 0.278. The van der Waals surface area contributed by atoms with Crippen molar-refractivity contribution < 1.29 is 5.11 Å². The summed E-state index contributed by atoms with van der Waals surface area (Å²) in [7, 11) is 0. The second kappa shape index (κ2) is 7.71. The zero-order chi connectivity index (χ0) is 17.9. The molecule has 2 rings (SSSR count). The van der Waals surface area contributed by atoms with Crippen LogP contribution in [0, 0.1) is 41.5 Å². The molecule has 0 bridgehead atoms. The third-order valence-corrected chi connectivity index (χ3v) is 4.45. The van der Waals surface area contributed by atoms with E-state index in [1.165, 1.54) is 39.1 Å². The lowest BCUT2D eigenvalue weighted by atomic mass is 10.0. The van der Waals surface area contributed by atoms with E-state index in [9.17, 15) is 5.11 Å². The van der Waals surface area contributed by atoms with Crippen molar-refractivity contribution in [1.29, 1.82) is 0 Å². The average Bonchev–Trinajstić information content (AvgIpc) is 2.47. The molecule has 2 aromatic carbocycles. The van der Waals surface area contributed by atoms with Crippen molar-refractivity contribution in [1.82, 2.24) is 0 Å². The van der Waals surface area contributed by atoms with Gasteiger partial charge in [0.2, 0.25) is 0 Å². The van der Waals surface area contributed by atoms with Crippen LogP contribution >= 0.6 is 0 Å². The summed E-state index contributed by atoms with van der Waals surface area (Å²) in [6.45, 7) is 13.5. The number of hydrogen-bond acceptors (Lipinski definition) is 3. The van der Waals surface area contributed by atoms with Gasteiger partial charge in [-0.3, -0.25) is 0 Å². The Kier molecular flexibility index (Phi) is 5.89. The molecule has 3 nitrogen and oxygen atoms in total. The van der Waals surface area contributed by atoms with Gasteiger partial charge in [-0.1, -0.05) is 35.4 Å². The number of aliphatic hydroxyl groups is 1. The van der Waals surface area contributed by atoms with Crippen LogP contribution in [0.4, 0.5) is 11.4 Å². The van der Waals surface area contributed by atoms with Gasteiger partial charge in [0.15, 0.2) is 0 Å². The summed E-state index contributed by atoms with van der Waals surface area (Å²) in [6, 6.07) is 8.68. The first-order valence-electron chi connectivity index (χ1n) is 8.58. The van der Waals surface area contributed by atoms with Crippen molar-refractivity contribution in [2.24, 2.45) is 0 Å². The van der Waals surface area contributed by atoms with Crippen LogP contribution in [0.5, 0.6) is 0 Å². The maximum Gasteiger partial charge on any atom is 0.0665 e. The van der Waals surface area contributed by atoms with Crippen molar-refractivity contribution in [3.8, 4) is 0 Å². The zero-order valence-corrected chi connectivity index (χ0v) is 15.7. The van der Waals surface area contributed by atoms with Crippen molar-refractivity contribution in [2.75, 3.05) is 23.8 Å². The molecule has 0 saturated heterocycles. The number of aliphatic hydroxyl groups excluding tert-OH is 1. The van der Waals surface area contributed by atoms with Crippen LogP contribution in [0.2, 0.25) is 0 Å². The summed E-state index contributed by atoms with van der Waals surface area (Å²) >= 11 is 0. The second-order valence-corrected chi connectivity index (χ2v) is 6.95. The third-order valence-electron chi connectivity index (χ3n) is 4.45. The molecule has 0 aliphatic rings. The molecule has 0 amide bonds. The van der Waals surface area contributed by atoms with Crippen LogP contribution in [0.3, 0.4) is 0 Å². The first kappa shape index (κ1) is 18.3. The van der Waals surface area contributed by atoms with E-state index in [1.54, 1.807) is 0 Å². The Balaban J connectivity index is 2.11. The molecule has 24 heavy (non-hydrogen) atoms. The Morgan fingerprint density at radius 3 is 1.58 bits per heavy atom. The fourth-order valence-electron chi connectivity index (χ4n) is 3.46. The van der Waals surface area contributed by atoms with Gasteiger partial charge in [0.25, 0.3) is 0 Å². The van der Waals surface area contributed by atoms with Gasteiger partial charge in [0.05, 0.1) is 12.6 Å². The summed E-state index contributed by atoms with van der Waals surface area (Å²) in [6.07, 6.45) is 0. The van der Waals surface area contributed by atoms with E-state index in [2.05, 4.69) is 76.4 Å². The van der Waals surface area contributed by atoms with Gasteiger partial charge in [0.1, 0.15) is 0 Å². The van der Waals surface area contributed by atoms with Crippen molar-refractivity contribution in [3.05, 3.63) is 57.6 Å². The van der Waals surface area contributed by atoms with Gasteiger partial charge >= 0.3 is 0 Å². The van der Waals surface area contributed by atoms with E-state index in [1.807, 2.05) is 0 Å². The molecule has 0 heterocycles. The summed E-state index contributed by atoms with van der Waals surface area (Å²) in [4.78, 5) is 0. The van der Waals surface area contributed by atoms with E-state index in [0.29, 0.717) is 6.54 Å². The van der Waals surface area contributed by atoms with E-state index < -0.39 is 0 Å². The van der Waals surface area contributed by atoms with E-state index in [4.69, 9.17) is 0 Å². The quantitative estimate of drug-likeness (QED) is 0.736. The molecular weight excluding hydrogens is 296 g/mol. The van der Waals surface area contributed by atoms with E-state index >= 15 is 0 Å².